The van der Waals surface area contributed by atoms with Crippen LogP contribution in [0.25, 0.3) is 0 Å². The molecule has 0 amide bonds. The van der Waals surface area contributed by atoms with Crippen molar-refractivity contribution < 1.29 is 63.1 Å². The Morgan fingerprint density at radius 3 is 1.22 bits per heavy atom. The highest BCUT2D eigenvalue weighted by atomic mass is 31.2. The van der Waals surface area contributed by atoms with Crippen LogP contribution in [-0.4, -0.2) is 98.3 Å². The predicted molar refractivity (Wildman–Crippen MR) is 277 cm³/mol. The molecule has 1 saturated carbocycles. The number of hydrogen-bond donors (Lipinski definition) is 6. The highest BCUT2D eigenvalue weighted by Crippen LogP contribution is 2.47. The lowest BCUT2D eigenvalue weighted by molar-refractivity contribution is -0.220. The summed E-state index contributed by atoms with van der Waals surface area (Å²) in [7, 11) is -5.13. The van der Waals surface area contributed by atoms with Crippen molar-refractivity contribution in [2.24, 2.45) is 0 Å². The molecule has 13 nitrogen and oxygen atoms in total. The zero-order chi connectivity index (χ0) is 50.6. The number of aliphatic hydroxyl groups excluding tert-OH is 5. The standard InChI is InChI=1S/C55H101O13P/c1-3-5-7-9-11-13-15-17-19-21-22-23-24-25-26-28-29-31-33-35-37-39-41-43-48(56)65-45-47(46-66-69(63,64)68-55-53(61)51(59)50(58)52(60)54(55)62)67-49(57)44-42-40-38-36-34-32-30-27-20-18-16-14-12-10-8-6-4-2/h12,14,18,20-22,47,50-55,58-62H,3-11,13,15-17,19,23-46H2,1-2H3,(H,63,64)/b14-12-,20-18-,22-21-. The van der Waals surface area contributed by atoms with Crippen LogP contribution in [0.5, 0.6) is 0 Å². The van der Waals surface area contributed by atoms with Gasteiger partial charge < -0.3 is 39.9 Å². The van der Waals surface area contributed by atoms with Gasteiger partial charge in [-0.3, -0.25) is 18.6 Å². The van der Waals surface area contributed by atoms with Gasteiger partial charge in [0, 0.05) is 12.8 Å². The van der Waals surface area contributed by atoms with Crippen molar-refractivity contribution in [2.45, 2.75) is 288 Å². The first-order chi connectivity index (χ1) is 33.4. The Labute approximate surface area is 418 Å². The lowest BCUT2D eigenvalue weighted by atomic mass is 9.85. The maximum Gasteiger partial charge on any atom is 0.472 e. The Morgan fingerprint density at radius 1 is 0.449 bits per heavy atom. The maximum absolute atomic E-state index is 12.9. The Kier molecular flexibility index (Phi) is 42.2. The first-order valence-electron chi connectivity index (χ1n) is 27.8. The molecule has 0 radical (unpaired) electrons. The smallest absolute Gasteiger partial charge is 0.462 e. The molecule has 0 bridgehead atoms. The second-order valence-corrected chi connectivity index (χ2v) is 20.8. The molecule has 6 unspecified atom stereocenters. The predicted octanol–water partition coefficient (Wildman–Crippen LogP) is 12.5. The number of unbranched alkanes of at least 4 members (excludes halogenated alkanes) is 29. The van der Waals surface area contributed by atoms with E-state index in [2.05, 4.69) is 50.3 Å². The average molecular weight is 1000 g/mol. The highest BCUT2D eigenvalue weighted by molar-refractivity contribution is 7.47. The van der Waals surface area contributed by atoms with Gasteiger partial charge in [-0.15, -0.1) is 0 Å². The van der Waals surface area contributed by atoms with Gasteiger partial charge in [0.1, 0.15) is 43.2 Å². The van der Waals surface area contributed by atoms with E-state index in [1.807, 2.05) is 0 Å². The van der Waals surface area contributed by atoms with Gasteiger partial charge in [0.15, 0.2) is 6.10 Å². The molecule has 0 saturated heterocycles. The summed E-state index contributed by atoms with van der Waals surface area (Å²) in [5.74, 6) is -1.10. The van der Waals surface area contributed by atoms with E-state index in [0.29, 0.717) is 12.8 Å². The van der Waals surface area contributed by atoms with Gasteiger partial charge in [-0.2, -0.15) is 0 Å². The van der Waals surface area contributed by atoms with Crippen molar-refractivity contribution in [2.75, 3.05) is 13.2 Å². The lowest BCUT2D eigenvalue weighted by Crippen LogP contribution is -2.64. The van der Waals surface area contributed by atoms with Crippen molar-refractivity contribution in [1.29, 1.82) is 0 Å². The third-order valence-electron chi connectivity index (χ3n) is 13.0. The van der Waals surface area contributed by atoms with Gasteiger partial charge in [-0.1, -0.05) is 198 Å². The molecular weight excluding hydrogens is 900 g/mol. The van der Waals surface area contributed by atoms with Crippen LogP contribution in [0.3, 0.4) is 0 Å². The van der Waals surface area contributed by atoms with Crippen LogP contribution in [0.4, 0.5) is 0 Å². The van der Waals surface area contributed by atoms with E-state index in [1.54, 1.807) is 0 Å². The quantitative estimate of drug-likeness (QED) is 0.0145. The zero-order valence-electron chi connectivity index (χ0n) is 43.4. The summed E-state index contributed by atoms with van der Waals surface area (Å²) in [6.07, 6.45) is 40.5. The minimum atomic E-state index is -5.13. The van der Waals surface area contributed by atoms with E-state index in [9.17, 15) is 44.6 Å². The van der Waals surface area contributed by atoms with Crippen molar-refractivity contribution in [3.8, 4) is 0 Å². The van der Waals surface area contributed by atoms with Crippen LogP contribution in [-0.2, 0) is 32.7 Å². The Bertz CT molecular complexity index is 1340. The van der Waals surface area contributed by atoms with E-state index in [-0.39, 0.29) is 12.8 Å². The number of carbonyl (C=O) groups is 2. The third-order valence-corrected chi connectivity index (χ3v) is 13.9. The van der Waals surface area contributed by atoms with Crippen molar-refractivity contribution in [1.82, 2.24) is 0 Å². The summed E-state index contributed by atoms with van der Waals surface area (Å²) in [6, 6.07) is 0. The Balaban J connectivity index is 2.34. The molecule has 0 aliphatic heterocycles. The molecule has 0 aromatic rings. The average Bonchev–Trinajstić information content (AvgIpc) is 3.33. The fourth-order valence-electron chi connectivity index (χ4n) is 8.49. The fraction of sp³-hybridized carbons (Fsp3) is 0.855. The topological polar surface area (TPSA) is 210 Å². The van der Waals surface area contributed by atoms with E-state index < -0.39 is 75.7 Å². The molecule has 14 heteroatoms. The minimum absolute atomic E-state index is 0.0888. The van der Waals surface area contributed by atoms with Crippen LogP contribution in [0.15, 0.2) is 36.5 Å². The van der Waals surface area contributed by atoms with Crippen LogP contribution in [0.2, 0.25) is 0 Å². The largest absolute Gasteiger partial charge is 0.472 e. The number of phosphoric ester groups is 1. The van der Waals surface area contributed by atoms with Gasteiger partial charge in [-0.05, 0) is 70.6 Å². The van der Waals surface area contributed by atoms with Crippen LogP contribution >= 0.6 is 7.82 Å². The van der Waals surface area contributed by atoms with E-state index in [4.69, 9.17) is 18.5 Å². The second-order valence-electron chi connectivity index (χ2n) is 19.4. The maximum atomic E-state index is 12.9. The fourth-order valence-corrected chi connectivity index (χ4v) is 9.46. The lowest BCUT2D eigenvalue weighted by Gasteiger charge is -2.41. The molecule has 0 heterocycles. The number of esters is 2. The molecule has 1 fully saturated rings. The first kappa shape index (κ1) is 65.1. The third kappa shape index (κ3) is 36.6. The Hall–Kier alpha value is -1.93. The summed E-state index contributed by atoms with van der Waals surface area (Å²) in [5.41, 5.74) is 0. The second kappa shape index (κ2) is 44.7. The van der Waals surface area contributed by atoms with Gasteiger partial charge in [0.25, 0.3) is 0 Å². The summed E-state index contributed by atoms with van der Waals surface area (Å²) in [4.78, 5) is 35.9. The van der Waals surface area contributed by atoms with E-state index >= 15 is 0 Å². The number of phosphoric acid groups is 1. The molecule has 0 aromatic heterocycles. The number of ether oxygens (including phenoxy) is 2. The van der Waals surface area contributed by atoms with Crippen LogP contribution in [0.1, 0.15) is 245 Å². The Morgan fingerprint density at radius 2 is 0.783 bits per heavy atom. The van der Waals surface area contributed by atoms with Gasteiger partial charge in [0.05, 0.1) is 6.61 Å². The summed E-state index contributed by atoms with van der Waals surface area (Å²) in [6.45, 7) is 3.31. The summed E-state index contributed by atoms with van der Waals surface area (Å²) in [5, 5.41) is 50.3. The van der Waals surface area contributed by atoms with Gasteiger partial charge in [0.2, 0.25) is 0 Å². The van der Waals surface area contributed by atoms with Crippen molar-refractivity contribution in [3.05, 3.63) is 36.5 Å². The number of carbonyl (C=O) groups excluding carboxylic acids is 2. The van der Waals surface area contributed by atoms with E-state index in [1.165, 1.54) is 128 Å². The van der Waals surface area contributed by atoms with Crippen molar-refractivity contribution in [3.63, 3.8) is 0 Å². The normalized spacial score (nSPS) is 21.1. The minimum Gasteiger partial charge on any atom is -0.462 e. The van der Waals surface area contributed by atoms with E-state index in [0.717, 1.165) is 77.0 Å². The molecule has 1 aliphatic carbocycles. The molecule has 6 N–H and O–H groups in total. The molecule has 1 aliphatic rings. The SMILES string of the molecule is CCCCC/C=C\C/C=C\CCCCCCCCCC(=O)OC(COC(=O)CCCCCCCCCCCCC/C=C\CCCCCCCCCC)COP(=O)(O)OC1C(O)C(O)C(O)C(O)C1O. The van der Waals surface area contributed by atoms with Crippen LogP contribution < -0.4 is 0 Å². The van der Waals surface area contributed by atoms with Gasteiger partial charge >= 0.3 is 19.8 Å². The summed E-state index contributed by atoms with van der Waals surface area (Å²) < 4.78 is 33.7. The molecule has 1 rings (SSSR count). The summed E-state index contributed by atoms with van der Waals surface area (Å²) >= 11 is 0. The molecule has 6 atom stereocenters. The highest BCUT2D eigenvalue weighted by Gasteiger charge is 2.51. The zero-order valence-corrected chi connectivity index (χ0v) is 44.3. The van der Waals surface area contributed by atoms with Crippen LogP contribution in [0, 0.1) is 0 Å². The molecule has 404 valence electrons. The number of hydrogen-bond acceptors (Lipinski definition) is 12. The number of rotatable bonds is 47. The molecule has 0 spiro atoms. The first-order valence-corrected chi connectivity index (χ1v) is 29.3. The molecule has 69 heavy (non-hydrogen) atoms. The molecular formula is C55H101O13P. The number of aliphatic hydroxyl groups is 5. The van der Waals surface area contributed by atoms with Crippen molar-refractivity contribution >= 4 is 19.8 Å². The number of allylic oxidation sites excluding steroid dienone is 6. The molecule has 0 aromatic carbocycles. The monoisotopic (exact) mass is 1000 g/mol. The van der Waals surface area contributed by atoms with Gasteiger partial charge in [-0.25, -0.2) is 4.57 Å².